The molecule has 1 unspecified atom stereocenters. The minimum Gasteiger partial charge on any atom is -0.469 e. The van der Waals surface area contributed by atoms with E-state index >= 15 is 0 Å². The molecule has 2 aromatic rings. The Morgan fingerprint density at radius 1 is 1.47 bits per heavy atom. The molecule has 1 aromatic carbocycles. The average Bonchev–Trinajstić information content (AvgIpc) is 2.84. The van der Waals surface area contributed by atoms with E-state index in [1.54, 1.807) is 24.5 Å². The Morgan fingerprint density at radius 2 is 2.26 bits per heavy atom. The van der Waals surface area contributed by atoms with E-state index in [1.807, 2.05) is 19.1 Å². The van der Waals surface area contributed by atoms with Crippen molar-refractivity contribution >= 4 is 23.2 Å². The maximum atomic E-state index is 11.1. The molecule has 100 valence electrons. The van der Waals surface area contributed by atoms with Gasteiger partial charge < -0.3 is 15.5 Å². The molecular weight excluding hydrogens is 264 g/mol. The Balaban J connectivity index is 2.09. The molecule has 5 heteroatoms. The molecule has 1 atom stereocenters. The van der Waals surface area contributed by atoms with Crippen LogP contribution < -0.4 is 11.1 Å². The summed E-state index contributed by atoms with van der Waals surface area (Å²) in [5, 5.41) is 3.80. The van der Waals surface area contributed by atoms with Gasteiger partial charge >= 0.3 is 0 Å². The molecule has 3 N–H and O–H groups in total. The van der Waals surface area contributed by atoms with Gasteiger partial charge in [-0.15, -0.1) is 0 Å². The molecule has 0 spiro atoms. The van der Waals surface area contributed by atoms with Crippen LogP contribution in [0.3, 0.4) is 0 Å². The molecule has 0 bridgehead atoms. The summed E-state index contributed by atoms with van der Waals surface area (Å²) < 4.78 is 5.29. The second kappa shape index (κ2) is 5.80. The first-order valence-corrected chi connectivity index (χ1v) is 6.32. The highest BCUT2D eigenvalue weighted by atomic mass is 35.5. The molecule has 2 rings (SSSR count). The van der Waals surface area contributed by atoms with Crippen LogP contribution >= 0.6 is 11.6 Å². The normalized spacial score (nSPS) is 12.1. The summed E-state index contributed by atoms with van der Waals surface area (Å²) in [6.07, 6.45) is 2.37. The summed E-state index contributed by atoms with van der Waals surface area (Å²) in [5.74, 6) is 0.417. The Hall–Kier alpha value is -1.94. The molecule has 1 heterocycles. The number of hydrogen-bond donors (Lipinski definition) is 2. The fraction of sp³-hybridized carbons (Fsp3) is 0.214. The van der Waals surface area contributed by atoms with Gasteiger partial charge in [0, 0.05) is 18.0 Å². The minimum atomic E-state index is -0.474. The summed E-state index contributed by atoms with van der Waals surface area (Å²) in [4.78, 5) is 11.1. The van der Waals surface area contributed by atoms with E-state index < -0.39 is 5.91 Å². The first kappa shape index (κ1) is 13.5. The predicted octanol–water partition coefficient (Wildman–Crippen LogP) is 3.08. The van der Waals surface area contributed by atoms with E-state index in [4.69, 9.17) is 21.8 Å². The lowest BCUT2D eigenvalue weighted by Gasteiger charge is -2.15. The van der Waals surface area contributed by atoms with E-state index in [1.165, 1.54) is 0 Å². The molecule has 0 saturated carbocycles. The number of carbonyl (C=O) groups excluding carboxylic acids is 1. The Kier molecular flexibility index (Phi) is 4.12. The first-order valence-electron chi connectivity index (χ1n) is 5.94. The van der Waals surface area contributed by atoms with Gasteiger partial charge in [-0.1, -0.05) is 11.6 Å². The standard InChI is InChI=1S/C14H15ClN2O2/c1-9(7-11-3-2-6-19-11)17-13-8-10(14(16)18)4-5-12(13)15/h2-6,8-9,17H,7H2,1H3,(H2,16,18). The van der Waals surface area contributed by atoms with Crippen LogP contribution in [0.4, 0.5) is 5.69 Å². The van der Waals surface area contributed by atoms with Gasteiger partial charge in [0.15, 0.2) is 0 Å². The third-order valence-corrected chi connectivity index (χ3v) is 3.07. The number of primary amides is 1. The number of benzene rings is 1. The first-order chi connectivity index (χ1) is 9.06. The molecule has 0 radical (unpaired) electrons. The SMILES string of the molecule is CC(Cc1ccco1)Nc1cc(C(N)=O)ccc1Cl. The van der Waals surface area contributed by atoms with Gasteiger partial charge in [-0.25, -0.2) is 0 Å². The highest BCUT2D eigenvalue weighted by Crippen LogP contribution is 2.24. The third-order valence-electron chi connectivity index (χ3n) is 2.74. The van der Waals surface area contributed by atoms with Gasteiger partial charge in [0.1, 0.15) is 5.76 Å². The van der Waals surface area contributed by atoms with Crippen LogP contribution in [0.5, 0.6) is 0 Å². The molecule has 0 aliphatic heterocycles. The van der Waals surface area contributed by atoms with Crippen LogP contribution in [0.15, 0.2) is 41.0 Å². The van der Waals surface area contributed by atoms with Crippen LogP contribution in [0, 0.1) is 0 Å². The van der Waals surface area contributed by atoms with Crippen molar-refractivity contribution in [3.63, 3.8) is 0 Å². The lowest BCUT2D eigenvalue weighted by molar-refractivity contribution is 0.100. The average molecular weight is 279 g/mol. The number of rotatable bonds is 5. The monoisotopic (exact) mass is 278 g/mol. The lowest BCUT2D eigenvalue weighted by atomic mass is 10.1. The van der Waals surface area contributed by atoms with E-state index in [9.17, 15) is 4.79 Å². The zero-order chi connectivity index (χ0) is 13.8. The van der Waals surface area contributed by atoms with Gasteiger partial charge in [-0.3, -0.25) is 4.79 Å². The molecule has 0 aliphatic rings. The molecule has 0 fully saturated rings. The summed E-state index contributed by atoms with van der Waals surface area (Å²) in [6.45, 7) is 2.01. The largest absolute Gasteiger partial charge is 0.469 e. The number of amides is 1. The highest BCUT2D eigenvalue weighted by molar-refractivity contribution is 6.33. The minimum absolute atomic E-state index is 0.117. The van der Waals surface area contributed by atoms with Crippen molar-refractivity contribution in [3.8, 4) is 0 Å². The molecule has 1 aromatic heterocycles. The van der Waals surface area contributed by atoms with Gasteiger partial charge in [0.05, 0.1) is 17.0 Å². The predicted molar refractivity (Wildman–Crippen MR) is 75.5 cm³/mol. The number of nitrogens with two attached hydrogens (primary N) is 1. The summed E-state index contributed by atoms with van der Waals surface area (Å²) >= 11 is 6.09. The maximum absolute atomic E-state index is 11.1. The summed E-state index contributed by atoms with van der Waals surface area (Å²) in [7, 11) is 0. The van der Waals surface area contributed by atoms with Gasteiger partial charge in [0.2, 0.25) is 5.91 Å². The number of hydrogen-bond acceptors (Lipinski definition) is 3. The van der Waals surface area contributed by atoms with Gasteiger partial charge in [-0.05, 0) is 37.3 Å². The van der Waals surface area contributed by atoms with Gasteiger partial charge in [0.25, 0.3) is 0 Å². The Morgan fingerprint density at radius 3 is 2.89 bits per heavy atom. The van der Waals surface area contributed by atoms with Crippen molar-refractivity contribution in [1.82, 2.24) is 0 Å². The van der Waals surface area contributed by atoms with Crippen molar-refractivity contribution in [2.75, 3.05) is 5.32 Å². The molecule has 0 aliphatic carbocycles. The van der Waals surface area contributed by atoms with E-state index in [0.29, 0.717) is 16.3 Å². The van der Waals surface area contributed by atoms with E-state index in [-0.39, 0.29) is 6.04 Å². The third kappa shape index (κ3) is 3.51. The van der Waals surface area contributed by atoms with Crippen LogP contribution in [0.2, 0.25) is 5.02 Å². The summed E-state index contributed by atoms with van der Waals surface area (Å²) in [6, 6.07) is 8.80. The zero-order valence-electron chi connectivity index (χ0n) is 10.5. The van der Waals surface area contributed by atoms with Crippen molar-refractivity contribution < 1.29 is 9.21 Å². The zero-order valence-corrected chi connectivity index (χ0v) is 11.3. The Labute approximate surface area is 116 Å². The quantitative estimate of drug-likeness (QED) is 0.883. The number of nitrogens with one attached hydrogen (secondary N) is 1. The van der Waals surface area contributed by atoms with Crippen LogP contribution in [0.1, 0.15) is 23.0 Å². The van der Waals surface area contributed by atoms with Crippen molar-refractivity contribution in [2.24, 2.45) is 5.73 Å². The second-order valence-corrected chi connectivity index (χ2v) is 4.79. The van der Waals surface area contributed by atoms with Crippen LogP contribution in [-0.2, 0) is 6.42 Å². The smallest absolute Gasteiger partial charge is 0.248 e. The molecule has 4 nitrogen and oxygen atoms in total. The molecule has 0 saturated heterocycles. The van der Waals surface area contributed by atoms with Crippen molar-refractivity contribution in [1.29, 1.82) is 0 Å². The molecular formula is C14H15ClN2O2. The number of halogens is 1. The number of anilines is 1. The van der Waals surface area contributed by atoms with E-state index in [0.717, 1.165) is 12.2 Å². The van der Waals surface area contributed by atoms with Crippen LogP contribution in [-0.4, -0.2) is 11.9 Å². The number of furan rings is 1. The number of carbonyl (C=O) groups is 1. The lowest BCUT2D eigenvalue weighted by Crippen LogP contribution is -2.19. The topological polar surface area (TPSA) is 68.3 Å². The van der Waals surface area contributed by atoms with Crippen molar-refractivity contribution in [2.45, 2.75) is 19.4 Å². The van der Waals surface area contributed by atoms with Crippen LogP contribution in [0.25, 0.3) is 0 Å². The maximum Gasteiger partial charge on any atom is 0.248 e. The van der Waals surface area contributed by atoms with Gasteiger partial charge in [-0.2, -0.15) is 0 Å². The highest BCUT2D eigenvalue weighted by Gasteiger charge is 2.10. The summed E-state index contributed by atoms with van der Waals surface area (Å²) in [5.41, 5.74) is 6.37. The fourth-order valence-corrected chi connectivity index (χ4v) is 2.01. The van der Waals surface area contributed by atoms with E-state index in [2.05, 4.69) is 5.32 Å². The fourth-order valence-electron chi connectivity index (χ4n) is 1.84. The second-order valence-electron chi connectivity index (χ2n) is 4.39. The van der Waals surface area contributed by atoms with Crippen molar-refractivity contribution in [3.05, 3.63) is 52.9 Å². The molecule has 19 heavy (non-hydrogen) atoms. The Bertz CT molecular complexity index is 567. The molecule has 1 amide bonds.